The van der Waals surface area contributed by atoms with E-state index < -0.39 is 5.60 Å². The third kappa shape index (κ3) is 4.76. The molecule has 1 aliphatic rings. The number of hydrogen-bond donors (Lipinski definition) is 1. The summed E-state index contributed by atoms with van der Waals surface area (Å²) in [5, 5.41) is 4.03. The summed E-state index contributed by atoms with van der Waals surface area (Å²) in [5.74, 6) is 1.18. The van der Waals surface area contributed by atoms with Crippen molar-refractivity contribution in [1.29, 1.82) is 0 Å². The van der Waals surface area contributed by atoms with Crippen LogP contribution < -0.4 is 10.6 Å². The number of ether oxygens (including phenoxy) is 1. The first-order chi connectivity index (χ1) is 15.2. The summed E-state index contributed by atoms with van der Waals surface area (Å²) < 4.78 is 10.9. The van der Waals surface area contributed by atoms with Gasteiger partial charge in [-0.05, 0) is 39.3 Å². The summed E-state index contributed by atoms with van der Waals surface area (Å²) in [6, 6.07) is 9.64. The Morgan fingerprint density at radius 1 is 1.16 bits per heavy atom. The minimum Gasteiger partial charge on any atom is -0.444 e. The zero-order valence-electron chi connectivity index (χ0n) is 18.5. The van der Waals surface area contributed by atoms with E-state index in [1.165, 1.54) is 0 Å². The predicted molar refractivity (Wildman–Crippen MR) is 117 cm³/mol. The second-order valence-corrected chi connectivity index (χ2v) is 8.58. The number of carbonyl (C=O) groups excluding carboxylic acids is 1. The quantitative estimate of drug-likeness (QED) is 0.647. The topological polar surface area (TPSA) is 136 Å². The Kier molecular flexibility index (Phi) is 5.64. The molecule has 1 saturated heterocycles. The lowest BCUT2D eigenvalue weighted by atomic mass is 10.1. The van der Waals surface area contributed by atoms with Crippen molar-refractivity contribution in [1.82, 2.24) is 30.0 Å². The molecular weight excluding hydrogens is 412 g/mol. The minimum atomic E-state index is -0.546. The number of anilines is 3. The molecule has 32 heavy (non-hydrogen) atoms. The largest absolute Gasteiger partial charge is 0.444 e. The van der Waals surface area contributed by atoms with Crippen molar-refractivity contribution >= 4 is 23.7 Å². The maximum Gasteiger partial charge on any atom is 0.410 e. The second-order valence-electron chi connectivity index (χ2n) is 8.58. The molecule has 1 aliphatic heterocycles. The highest BCUT2D eigenvalue weighted by atomic mass is 16.6. The van der Waals surface area contributed by atoms with Crippen LogP contribution in [-0.4, -0.2) is 61.8 Å². The van der Waals surface area contributed by atoms with Crippen LogP contribution in [0.25, 0.3) is 11.6 Å². The molecule has 2 aromatic heterocycles. The summed E-state index contributed by atoms with van der Waals surface area (Å²) in [6.45, 7) is 6.52. The van der Waals surface area contributed by atoms with Crippen LogP contribution in [0.15, 0.2) is 34.9 Å². The number of nitrogens with two attached hydrogens (primary N) is 1. The van der Waals surface area contributed by atoms with Gasteiger partial charge in [0.15, 0.2) is 0 Å². The molecule has 1 amide bonds. The van der Waals surface area contributed by atoms with Gasteiger partial charge in [-0.15, -0.1) is 0 Å². The molecule has 0 radical (unpaired) electrons. The maximum atomic E-state index is 12.3. The number of nitrogens with zero attached hydrogens (tertiary/aromatic N) is 7. The van der Waals surface area contributed by atoms with E-state index in [0.29, 0.717) is 31.3 Å². The van der Waals surface area contributed by atoms with Crippen molar-refractivity contribution in [2.24, 2.45) is 0 Å². The summed E-state index contributed by atoms with van der Waals surface area (Å²) in [4.78, 5) is 33.0. The molecular formula is C21H26N8O3. The highest BCUT2D eigenvalue weighted by molar-refractivity contribution is 5.68. The van der Waals surface area contributed by atoms with Gasteiger partial charge in [0.2, 0.25) is 29.4 Å². The molecule has 3 heterocycles. The molecule has 0 aliphatic carbocycles. The number of carbonyl (C=O) groups is 1. The lowest BCUT2D eigenvalue weighted by Crippen LogP contribution is -2.35. The van der Waals surface area contributed by atoms with Crippen LogP contribution in [-0.2, 0) is 4.74 Å². The molecule has 2 N–H and O–H groups in total. The van der Waals surface area contributed by atoms with Crippen LogP contribution in [0.5, 0.6) is 0 Å². The Morgan fingerprint density at radius 2 is 1.91 bits per heavy atom. The first kappa shape index (κ1) is 21.5. The normalized spacial score (nSPS) is 16.2. The third-order valence-corrected chi connectivity index (χ3v) is 4.92. The first-order valence-electron chi connectivity index (χ1n) is 10.3. The van der Waals surface area contributed by atoms with Crippen LogP contribution in [0, 0.1) is 0 Å². The van der Waals surface area contributed by atoms with E-state index in [2.05, 4.69) is 25.1 Å². The Hall–Kier alpha value is -3.76. The molecule has 0 saturated carbocycles. The molecule has 1 fully saturated rings. The van der Waals surface area contributed by atoms with Crippen LogP contribution in [0.1, 0.15) is 39.0 Å². The van der Waals surface area contributed by atoms with E-state index in [9.17, 15) is 4.79 Å². The summed E-state index contributed by atoms with van der Waals surface area (Å²) in [5.41, 5.74) is 6.26. The number of nitrogen functional groups attached to an aromatic ring is 1. The van der Waals surface area contributed by atoms with Gasteiger partial charge in [-0.25, -0.2) is 4.79 Å². The number of para-hydroxylation sites is 1. The van der Waals surface area contributed by atoms with Gasteiger partial charge >= 0.3 is 6.09 Å². The predicted octanol–water partition coefficient (Wildman–Crippen LogP) is 3.00. The maximum absolute atomic E-state index is 12.3. The van der Waals surface area contributed by atoms with Gasteiger partial charge in [-0.3, -0.25) is 0 Å². The van der Waals surface area contributed by atoms with Gasteiger partial charge in [0, 0.05) is 25.8 Å². The number of aromatic nitrogens is 5. The van der Waals surface area contributed by atoms with Gasteiger partial charge in [-0.2, -0.15) is 19.9 Å². The lowest BCUT2D eigenvalue weighted by Gasteiger charge is -2.24. The van der Waals surface area contributed by atoms with Crippen molar-refractivity contribution < 1.29 is 14.1 Å². The van der Waals surface area contributed by atoms with Gasteiger partial charge in [-0.1, -0.05) is 23.4 Å². The van der Waals surface area contributed by atoms with Crippen LogP contribution in [0.2, 0.25) is 0 Å². The van der Waals surface area contributed by atoms with Gasteiger partial charge < -0.3 is 24.8 Å². The molecule has 168 valence electrons. The fourth-order valence-corrected chi connectivity index (χ4v) is 3.34. The highest BCUT2D eigenvalue weighted by Gasteiger charge is 2.33. The Labute approximate surface area is 185 Å². The third-order valence-electron chi connectivity index (χ3n) is 4.92. The highest BCUT2D eigenvalue weighted by Crippen LogP contribution is 2.29. The monoisotopic (exact) mass is 438 g/mol. The fraction of sp³-hybridized carbons (Fsp3) is 0.429. The van der Waals surface area contributed by atoms with Crippen molar-refractivity contribution in [3.05, 3.63) is 36.2 Å². The molecule has 0 spiro atoms. The standard InChI is InChI=1S/C21H26N8O3/c1-21(2,3)31-20(30)29-11-10-13(12-29)17-23-16(27-32-17)15-24-18(22)26-19(25-15)28(4)14-8-6-5-7-9-14/h5-9,13H,10-12H2,1-4H3,(H2,22,24,25,26). The van der Waals surface area contributed by atoms with Gasteiger partial charge in [0.25, 0.3) is 0 Å². The molecule has 11 nitrogen and oxygen atoms in total. The Morgan fingerprint density at radius 3 is 2.62 bits per heavy atom. The van der Waals surface area contributed by atoms with Crippen molar-refractivity contribution in [3.63, 3.8) is 0 Å². The lowest BCUT2D eigenvalue weighted by molar-refractivity contribution is 0.0291. The minimum absolute atomic E-state index is 0.0519. The average molecular weight is 438 g/mol. The van der Waals surface area contributed by atoms with E-state index in [1.807, 2.05) is 58.2 Å². The van der Waals surface area contributed by atoms with E-state index in [1.54, 1.807) is 9.80 Å². The van der Waals surface area contributed by atoms with E-state index >= 15 is 0 Å². The molecule has 1 aromatic carbocycles. The Balaban J connectivity index is 1.51. The van der Waals surface area contributed by atoms with Gasteiger partial charge in [0.05, 0.1) is 5.92 Å². The first-order valence-corrected chi connectivity index (χ1v) is 10.3. The fourth-order valence-electron chi connectivity index (χ4n) is 3.34. The number of amides is 1. The number of likely N-dealkylation sites (tertiary alicyclic amines) is 1. The molecule has 4 rings (SSSR count). The van der Waals surface area contributed by atoms with Crippen LogP contribution in [0.4, 0.5) is 22.4 Å². The van der Waals surface area contributed by atoms with Crippen LogP contribution in [0.3, 0.4) is 0 Å². The zero-order chi connectivity index (χ0) is 22.9. The summed E-state index contributed by atoms with van der Waals surface area (Å²) in [6.07, 6.45) is 0.348. The smallest absolute Gasteiger partial charge is 0.410 e. The zero-order valence-corrected chi connectivity index (χ0v) is 18.5. The van der Waals surface area contributed by atoms with Gasteiger partial charge in [0.1, 0.15) is 5.60 Å². The summed E-state index contributed by atoms with van der Waals surface area (Å²) in [7, 11) is 1.83. The molecule has 11 heteroatoms. The molecule has 1 unspecified atom stereocenters. The average Bonchev–Trinajstić information content (AvgIpc) is 3.42. The van der Waals surface area contributed by atoms with Crippen molar-refractivity contribution in [2.45, 2.75) is 38.7 Å². The van der Waals surface area contributed by atoms with Crippen molar-refractivity contribution in [2.75, 3.05) is 30.8 Å². The van der Waals surface area contributed by atoms with Crippen molar-refractivity contribution in [3.8, 4) is 11.6 Å². The molecule has 1 atom stereocenters. The molecule has 0 bridgehead atoms. The molecule has 3 aromatic rings. The number of rotatable bonds is 4. The summed E-state index contributed by atoms with van der Waals surface area (Å²) >= 11 is 0. The SMILES string of the molecule is CN(c1ccccc1)c1nc(N)nc(-c2noc(C3CCN(C(=O)OC(C)(C)C)C3)n2)n1. The van der Waals surface area contributed by atoms with E-state index in [0.717, 1.165) is 5.69 Å². The second kappa shape index (κ2) is 8.40. The van der Waals surface area contributed by atoms with Crippen LogP contribution >= 0.6 is 0 Å². The Bertz CT molecular complexity index is 1100. The van der Waals surface area contributed by atoms with E-state index in [-0.39, 0.29) is 29.6 Å². The number of hydrogen-bond acceptors (Lipinski definition) is 10. The number of benzene rings is 1. The van der Waals surface area contributed by atoms with E-state index in [4.69, 9.17) is 15.0 Å².